The molecule has 1 saturated heterocycles. The Morgan fingerprint density at radius 1 is 1.42 bits per heavy atom. The summed E-state index contributed by atoms with van der Waals surface area (Å²) in [5.74, 6) is 1.06. The maximum Gasteiger partial charge on any atom is 0.226 e. The molecular formula is C15H18N2O2. The third-order valence-electron chi connectivity index (χ3n) is 3.78. The number of amides is 1. The van der Waals surface area contributed by atoms with Crippen molar-refractivity contribution in [1.82, 2.24) is 10.6 Å². The van der Waals surface area contributed by atoms with Gasteiger partial charge in [-0.2, -0.15) is 0 Å². The van der Waals surface area contributed by atoms with Crippen LogP contribution in [-0.2, 0) is 4.79 Å². The summed E-state index contributed by atoms with van der Waals surface area (Å²) in [4.78, 5) is 11.9. The van der Waals surface area contributed by atoms with E-state index in [1.165, 1.54) is 0 Å². The zero-order chi connectivity index (χ0) is 13.4. The lowest BCUT2D eigenvalue weighted by Gasteiger charge is -2.27. The van der Waals surface area contributed by atoms with Gasteiger partial charge in [0.1, 0.15) is 11.3 Å². The van der Waals surface area contributed by atoms with Crippen LogP contribution in [0.1, 0.15) is 24.3 Å². The van der Waals surface area contributed by atoms with E-state index in [2.05, 4.69) is 10.6 Å². The van der Waals surface area contributed by atoms with Crippen molar-refractivity contribution >= 4 is 16.9 Å². The van der Waals surface area contributed by atoms with E-state index in [4.69, 9.17) is 4.42 Å². The van der Waals surface area contributed by atoms with E-state index in [0.717, 1.165) is 35.4 Å². The second kappa shape index (κ2) is 4.70. The molecule has 2 N–H and O–H groups in total. The van der Waals surface area contributed by atoms with E-state index in [1.807, 2.05) is 38.1 Å². The summed E-state index contributed by atoms with van der Waals surface area (Å²) in [6.07, 6.45) is 0. The van der Waals surface area contributed by atoms with Gasteiger partial charge in [0, 0.05) is 24.0 Å². The molecule has 1 unspecified atom stereocenters. The maximum absolute atomic E-state index is 11.9. The van der Waals surface area contributed by atoms with Crippen molar-refractivity contribution in [2.45, 2.75) is 19.9 Å². The molecule has 1 atom stereocenters. The molecule has 4 nitrogen and oxygen atoms in total. The van der Waals surface area contributed by atoms with E-state index in [1.54, 1.807) is 0 Å². The zero-order valence-corrected chi connectivity index (χ0v) is 11.2. The number of nitrogens with one attached hydrogen (secondary N) is 2. The quantitative estimate of drug-likeness (QED) is 0.887. The SMILES string of the molecule is Cc1c(C(C)NC(=O)C2CNC2)oc2ccccc12. The number of furan rings is 1. The highest BCUT2D eigenvalue weighted by atomic mass is 16.3. The molecule has 1 amide bonds. The lowest BCUT2D eigenvalue weighted by atomic mass is 10.0. The maximum atomic E-state index is 11.9. The normalized spacial score (nSPS) is 17.2. The lowest BCUT2D eigenvalue weighted by Crippen LogP contribution is -2.51. The molecule has 2 heterocycles. The summed E-state index contributed by atoms with van der Waals surface area (Å²) >= 11 is 0. The first kappa shape index (κ1) is 12.2. The standard InChI is InChI=1S/C15H18N2O2/c1-9-12-5-3-4-6-13(12)19-14(9)10(2)17-15(18)11-7-16-8-11/h3-6,10-11,16H,7-8H2,1-2H3,(H,17,18). The Hall–Kier alpha value is -1.81. The molecule has 2 aromatic rings. The minimum Gasteiger partial charge on any atom is -0.459 e. The van der Waals surface area contributed by atoms with Gasteiger partial charge in [0.25, 0.3) is 0 Å². The van der Waals surface area contributed by atoms with Crippen molar-refractivity contribution in [3.05, 3.63) is 35.6 Å². The van der Waals surface area contributed by atoms with E-state index in [-0.39, 0.29) is 17.9 Å². The summed E-state index contributed by atoms with van der Waals surface area (Å²) < 4.78 is 5.86. The third kappa shape index (κ3) is 2.12. The number of rotatable bonds is 3. The number of benzene rings is 1. The average molecular weight is 258 g/mol. The van der Waals surface area contributed by atoms with Crippen LogP contribution >= 0.6 is 0 Å². The number of aryl methyl sites for hydroxylation is 1. The Morgan fingerprint density at radius 3 is 2.79 bits per heavy atom. The van der Waals surface area contributed by atoms with Gasteiger partial charge in [0.2, 0.25) is 5.91 Å². The highest BCUT2D eigenvalue weighted by Crippen LogP contribution is 2.29. The number of hydrogen-bond acceptors (Lipinski definition) is 3. The van der Waals surface area contributed by atoms with Gasteiger partial charge in [0.15, 0.2) is 0 Å². The summed E-state index contributed by atoms with van der Waals surface area (Å²) in [5, 5.41) is 7.25. The number of carbonyl (C=O) groups excluding carboxylic acids is 1. The predicted octanol–water partition coefficient (Wildman–Crippen LogP) is 2.14. The van der Waals surface area contributed by atoms with E-state index < -0.39 is 0 Å². The van der Waals surface area contributed by atoms with Crippen molar-refractivity contribution < 1.29 is 9.21 Å². The molecule has 100 valence electrons. The van der Waals surface area contributed by atoms with Crippen LogP contribution in [0, 0.1) is 12.8 Å². The lowest BCUT2D eigenvalue weighted by molar-refractivity contribution is -0.127. The largest absolute Gasteiger partial charge is 0.459 e. The fraction of sp³-hybridized carbons (Fsp3) is 0.400. The Bertz CT molecular complexity index is 614. The topological polar surface area (TPSA) is 54.3 Å². The molecule has 1 fully saturated rings. The first-order valence-electron chi connectivity index (χ1n) is 6.66. The minimum absolute atomic E-state index is 0.0968. The van der Waals surface area contributed by atoms with Gasteiger partial charge >= 0.3 is 0 Å². The zero-order valence-electron chi connectivity index (χ0n) is 11.2. The van der Waals surface area contributed by atoms with Gasteiger partial charge in [-0.15, -0.1) is 0 Å². The van der Waals surface area contributed by atoms with Gasteiger partial charge in [-0.25, -0.2) is 0 Å². The molecule has 0 saturated carbocycles. The van der Waals surface area contributed by atoms with Crippen molar-refractivity contribution in [2.24, 2.45) is 5.92 Å². The van der Waals surface area contributed by atoms with Crippen LogP contribution in [0.15, 0.2) is 28.7 Å². The molecule has 4 heteroatoms. The van der Waals surface area contributed by atoms with Crippen LogP contribution in [0.2, 0.25) is 0 Å². The molecule has 1 aromatic carbocycles. The smallest absolute Gasteiger partial charge is 0.226 e. The summed E-state index contributed by atoms with van der Waals surface area (Å²) in [7, 11) is 0. The van der Waals surface area contributed by atoms with Crippen LogP contribution in [-0.4, -0.2) is 19.0 Å². The molecule has 0 bridgehead atoms. The van der Waals surface area contributed by atoms with Crippen LogP contribution < -0.4 is 10.6 Å². The van der Waals surface area contributed by atoms with Crippen LogP contribution in [0.4, 0.5) is 0 Å². The Kier molecular flexibility index (Phi) is 3.03. The molecule has 0 aliphatic carbocycles. The molecule has 0 spiro atoms. The minimum atomic E-state index is -0.0968. The van der Waals surface area contributed by atoms with Crippen molar-refractivity contribution in [2.75, 3.05) is 13.1 Å². The summed E-state index contributed by atoms with van der Waals surface area (Å²) in [6, 6.07) is 7.86. The van der Waals surface area contributed by atoms with E-state index >= 15 is 0 Å². The summed E-state index contributed by atoms with van der Waals surface area (Å²) in [6.45, 7) is 5.55. The Balaban J connectivity index is 1.82. The Morgan fingerprint density at radius 2 is 2.16 bits per heavy atom. The molecule has 3 rings (SSSR count). The van der Waals surface area contributed by atoms with E-state index in [9.17, 15) is 4.79 Å². The first-order valence-corrected chi connectivity index (χ1v) is 6.66. The molecule has 1 aliphatic rings. The molecule has 1 aromatic heterocycles. The van der Waals surface area contributed by atoms with Crippen LogP contribution in [0.3, 0.4) is 0 Å². The van der Waals surface area contributed by atoms with Gasteiger partial charge in [-0.05, 0) is 19.9 Å². The van der Waals surface area contributed by atoms with Gasteiger partial charge in [-0.1, -0.05) is 18.2 Å². The van der Waals surface area contributed by atoms with Gasteiger partial charge < -0.3 is 15.1 Å². The second-order valence-electron chi connectivity index (χ2n) is 5.17. The molecule has 0 radical (unpaired) electrons. The highest BCUT2D eigenvalue weighted by Gasteiger charge is 2.27. The molecular weight excluding hydrogens is 240 g/mol. The first-order chi connectivity index (χ1) is 9.16. The average Bonchev–Trinajstić information content (AvgIpc) is 2.65. The van der Waals surface area contributed by atoms with Crippen molar-refractivity contribution in [3.63, 3.8) is 0 Å². The number of para-hydroxylation sites is 1. The number of hydrogen-bond donors (Lipinski definition) is 2. The fourth-order valence-corrected chi connectivity index (χ4v) is 2.48. The van der Waals surface area contributed by atoms with E-state index in [0.29, 0.717) is 0 Å². The Labute approximate surface area is 112 Å². The molecule has 19 heavy (non-hydrogen) atoms. The van der Waals surface area contributed by atoms with Crippen LogP contribution in [0.25, 0.3) is 11.0 Å². The van der Waals surface area contributed by atoms with Crippen LogP contribution in [0.5, 0.6) is 0 Å². The number of carbonyl (C=O) groups is 1. The van der Waals surface area contributed by atoms with Gasteiger partial charge in [-0.3, -0.25) is 4.79 Å². The number of fused-ring (bicyclic) bond motifs is 1. The van der Waals surface area contributed by atoms with Gasteiger partial charge in [0.05, 0.1) is 12.0 Å². The fourth-order valence-electron chi connectivity index (χ4n) is 2.48. The summed E-state index contributed by atoms with van der Waals surface area (Å²) in [5.41, 5.74) is 1.98. The highest BCUT2D eigenvalue weighted by molar-refractivity contribution is 5.83. The third-order valence-corrected chi connectivity index (χ3v) is 3.78. The second-order valence-corrected chi connectivity index (χ2v) is 5.17. The predicted molar refractivity (Wildman–Crippen MR) is 73.9 cm³/mol. The van der Waals surface area contributed by atoms with Crippen molar-refractivity contribution in [3.8, 4) is 0 Å². The monoisotopic (exact) mass is 258 g/mol. The van der Waals surface area contributed by atoms with Crippen molar-refractivity contribution in [1.29, 1.82) is 0 Å². The molecule has 1 aliphatic heterocycles.